The van der Waals surface area contributed by atoms with E-state index in [0.29, 0.717) is 11.1 Å². The molecule has 0 aromatic heterocycles. The third-order valence-corrected chi connectivity index (χ3v) is 7.48. The molecule has 2 atom stereocenters. The van der Waals surface area contributed by atoms with Crippen molar-refractivity contribution < 1.29 is 19.1 Å². The predicted molar refractivity (Wildman–Crippen MR) is 121 cm³/mol. The van der Waals surface area contributed by atoms with E-state index in [9.17, 15) is 9.59 Å². The van der Waals surface area contributed by atoms with Gasteiger partial charge in [0.1, 0.15) is 5.66 Å². The SMILES string of the molecule is CCOC(=O)C(C(=O)OCC)=c1ccc2c(c1)N1C3=C(CCCC3)C[C@@H]3CCCC[C@]31N=2. The molecule has 1 fully saturated rings. The highest BCUT2D eigenvalue weighted by atomic mass is 16.6. The molecule has 0 bridgehead atoms. The summed E-state index contributed by atoms with van der Waals surface area (Å²) in [6, 6.07) is 5.74. The number of hydrogen-bond donors (Lipinski definition) is 0. The molecule has 1 spiro atoms. The van der Waals surface area contributed by atoms with Gasteiger partial charge in [0.2, 0.25) is 0 Å². The van der Waals surface area contributed by atoms with Crippen LogP contribution in [0.3, 0.4) is 0 Å². The van der Waals surface area contributed by atoms with Gasteiger partial charge in [0.05, 0.1) is 24.3 Å². The number of fused-ring (bicyclic) bond motifs is 3. The fourth-order valence-electron chi connectivity index (χ4n) is 6.18. The number of ether oxygens (including phenoxy) is 2. The number of anilines is 1. The minimum atomic E-state index is -0.637. The number of benzene rings is 1. The van der Waals surface area contributed by atoms with Crippen molar-refractivity contribution in [3.05, 3.63) is 40.0 Å². The molecule has 170 valence electrons. The Labute approximate surface area is 189 Å². The van der Waals surface area contributed by atoms with Crippen LogP contribution in [-0.2, 0) is 19.1 Å². The van der Waals surface area contributed by atoms with Crippen LogP contribution in [-0.4, -0.2) is 30.8 Å². The normalized spacial score (nSPS) is 25.7. The highest BCUT2D eigenvalue weighted by Crippen LogP contribution is 2.53. The summed E-state index contributed by atoms with van der Waals surface area (Å²) in [6.07, 6.45) is 10.6. The van der Waals surface area contributed by atoms with E-state index in [4.69, 9.17) is 14.5 Å². The summed E-state index contributed by atoms with van der Waals surface area (Å²) in [4.78, 5) is 33.2. The molecule has 5 rings (SSSR count). The van der Waals surface area contributed by atoms with Crippen molar-refractivity contribution in [2.24, 2.45) is 10.9 Å². The Morgan fingerprint density at radius 2 is 1.81 bits per heavy atom. The maximum atomic E-state index is 12.7. The van der Waals surface area contributed by atoms with Crippen molar-refractivity contribution in [1.82, 2.24) is 0 Å². The minimum Gasteiger partial charge on any atom is -0.462 e. The van der Waals surface area contributed by atoms with Gasteiger partial charge in [0, 0.05) is 11.6 Å². The number of hydrogen-bond acceptors (Lipinski definition) is 6. The monoisotopic (exact) mass is 436 g/mol. The van der Waals surface area contributed by atoms with Gasteiger partial charge in [-0.3, -0.25) is 4.99 Å². The maximum Gasteiger partial charge on any atom is 0.346 e. The molecule has 32 heavy (non-hydrogen) atoms. The number of carbonyl (C=O) groups excluding carboxylic acids is 2. The van der Waals surface area contributed by atoms with Crippen LogP contribution in [0.1, 0.15) is 71.6 Å². The lowest BCUT2D eigenvalue weighted by atomic mass is 9.70. The summed E-state index contributed by atoms with van der Waals surface area (Å²) in [5, 5.41) is 1.51. The van der Waals surface area contributed by atoms with E-state index in [1.54, 1.807) is 19.4 Å². The Kier molecular flexibility index (Phi) is 5.56. The highest BCUT2D eigenvalue weighted by Gasteiger charge is 2.53. The van der Waals surface area contributed by atoms with E-state index in [2.05, 4.69) is 4.90 Å². The quantitative estimate of drug-likeness (QED) is 0.534. The summed E-state index contributed by atoms with van der Waals surface area (Å²) < 4.78 is 10.4. The summed E-state index contributed by atoms with van der Waals surface area (Å²) in [7, 11) is 0. The molecule has 6 nitrogen and oxygen atoms in total. The largest absolute Gasteiger partial charge is 0.462 e. The third kappa shape index (κ3) is 3.26. The molecule has 1 aromatic rings. The molecular formula is C26H32N2O4. The molecule has 2 heterocycles. The smallest absolute Gasteiger partial charge is 0.346 e. The summed E-state index contributed by atoms with van der Waals surface area (Å²) >= 11 is 0. The van der Waals surface area contributed by atoms with Gasteiger partial charge in [-0.05, 0) is 82.6 Å². The first kappa shape index (κ1) is 21.2. The molecule has 2 aliphatic carbocycles. The summed E-state index contributed by atoms with van der Waals surface area (Å²) in [6.45, 7) is 3.88. The summed E-state index contributed by atoms with van der Waals surface area (Å²) in [5.41, 5.74) is 3.81. The van der Waals surface area contributed by atoms with Gasteiger partial charge in [-0.25, -0.2) is 9.59 Å². The minimum absolute atomic E-state index is 0.0347. The van der Waals surface area contributed by atoms with E-state index < -0.39 is 11.9 Å². The lowest BCUT2D eigenvalue weighted by Gasteiger charge is -2.52. The summed E-state index contributed by atoms with van der Waals surface area (Å²) in [5.74, 6) is -0.743. The van der Waals surface area contributed by atoms with Crippen molar-refractivity contribution in [1.29, 1.82) is 0 Å². The zero-order valence-electron chi connectivity index (χ0n) is 19.1. The second-order valence-electron chi connectivity index (χ2n) is 9.25. The van der Waals surface area contributed by atoms with Gasteiger partial charge in [-0.1, -0.05) is 18.1 Å². The molecule has 0 unspecified atom stereocenters. The lowest BCUT2D eigenvalue weighted by molar-refractivity contribution is -0.142. The van der Waals surface area contributed by atoms with Crippen molar-refractivity contribution >= 4 is 23.2 Å². The number of esters is 2. The fourth-order valence-corrected chi connectivity index (χ4v) is 6.18. The topological polar surface area (TPSA) is 68.2 Å². The van der Waals surface area contributed by atoms with Crippen LogP contribution in [0.2, 0.25) is 0 Å². The second kappa shape index (κ2) is 8.38. The zero-order chi connectivity index (χ0) is 22.3. The second-order valence-corrected chi connectivity index (χ2v) is 9.25. The molecule has 2 aliphatic heterocycles. The van der Waals surface area contributed by atoms with Gasteiger partial charge < -0.3 is 14.4 Å². The number of allylic oxidation sites excluding steroid dienone is 2. The molecule has 0 saturated heterocycles. The van der Waals surface area contributed by atoms with Gasteiger partial charge in [0.15, 0.2) is 5.57 Å². The van der Waals surface area contributed by atoms with Crippen molar-refractivity contribution in [2.75, 3.05) is 18.1 Å². The van der Waals surface area contributed by atoms with Gasteiger partial charge >= 0.3 is 11.9 Å². The molecule has 1 aromatic carbocycles. The Morgan fingerprint density at radius 1 is 1.06 bits per heavy atom. The van der Waals surface area contributed by atoms with Crippen molar-refractivity contribution in [3.63, 3.8) is 0 Å². The molecule has 0 N–H and O–H groups in total. The molecule has 1 saturated carbocycles. The molecule has 0 amide bonds. The standard InChI is InChI=1S/C26H32N2O4/c1-3-31-24(29)23(25(30)32-4-2)18-12-13-20-22(16-18)28-21-11-6-5-9-17(21)15-19-10-7-8-14-26(19,28)27-20/h12-13,16,19H,3-11,14-15H2,1-2H3/t19-,26+/m0/s1. The van der Waals surface area contributed by atoms with Crippen molar-refractivity contribution in [3.8, 4) is 0 Å². The average molecular weight is 437 g/mol. The van der Waals surface area contributed by atoms with Gasteiger partial charge in [-0.15, -0.1) is 0 Å². The molecule has 6 heteroatoms. The van der Waals surface area contributed by atoms with E-state index >= 15 is 0 Å². The van der Waals surface area contributed by atoms with Crippen LogP contribution < -0.4 is 15.5 Å². The first-order valence-electron chi connectivity index (χ1n) is 12.2. The van der Waals surface area contributed by atoms with E-state index in [1.165, 1.54) is 50.6 Å². The zero-order valence-corrected chi connectivity index (χ0v) is 19.1. The van der Waals surface area contributed by atoms with E-state index in [-0.39, 0.29) is 24.4 Å². The van der Waals surface area contributed by atoms with Crippen LogP contribution in [0.15, 0.2) is 34.5 Å². The first-order chi connectivity index (χ1) is 15.6. The predicted octanol–water partition coefficient (Wildman–Crippen LogP) is 3.52. The molecule has 4 aliphatic rings. The Bertz CT molecular complexity index is 1090. The van der Waals surface area contributed by atoms with Gasteiger partial charge in [0.25, 0.3) is 0 Å². The fraction of sp³-hybridized carbons (Fsp3) is 0.577. The van der Waals surface area contributed by atoms with Crippen LogP contribution in [0, 0.1) is 5.92 Å². The number of nitrogens with zero attached hydrogens (tertiary/aromatic N) is 2. The molecular weight excluding hydrogens is 404 g/mol. The Morgan fingerprint density at radius 3 is 2.56 bits per heavy atom. The van der Waals surface area contributed by atoms with Crippen LogP contribution in [0.4, 0.5) is 5.69 Å². The number of carbonyl (C=O) groups is 2. The Hall–Kier alpha value is -2.63. The first-order valence-corrected chi connectivity index (χ1v) is 12.2. The van der Waals surface area contributed by atoms with Crippen LogP contribution in [0.25, 0.3) is 5.57 Å². The van der Waals surface area contributed by atoms with Crippen molar-refractivity contribution in [2.45, 2.75) is 77.3 Å². The van der Waals surface area contributed by atoms with Gasteiger partial charge in [-0.2, -0.15) is 0 Å². The molecule has 0 radical (unpaired) electrons. The third-order valence-electron chi connectivity index (χ3n) is 7.48. The van der Waals surface area contributed by atoms with Crippen LogP contribution >= 0.6 is 0 Å². The Balaban J connectivity index is 1.70. The van der Waals surface area contributed by atoms with E-state index in [0.717, 1.165) is 23.9 Å². The van der Waals surface area contributed by atoms with Crippen LogP contribution in [0.5, 0.6) is 0 Å². The van der Waals surface area contributed by atoms with E-state index in [1.807, 2.05) is 18.2 Å². The average Bonchev–Trinajstić information content (AvgIpc) is 3.12. The highest BCUT2D eigenvalue weighted by molar-refractivity contribution is 6.36. The maximum absolute atomic E-state index is 12.7. The number of rotatable bonds is 4. The lowest BCUT2D eigenvalue weighted by Crippen LogP contribution is -2.55.